The Kier molecular flexibility index (Phi) is 10.2. The molecular formula is C19H31IN6O. The van der Waals surface area contributed by atoms with Crippen LogP contribution in [0.5, 0.6) is 5.75 Å². The summed E-state index contributed by atoms with van der Waals surface area (Å²) < 4.78 is 7.55. The van der Waals surface area contributed by atoms with Crippen molar-refractivity contribution >= 4 is 29.9 Å². The highest BCUT2D eigenvalue weighted by Crippen LogP contribution is 2.16. The van der Waals surface area contributed by atoms with E-state index >= 15 is 0 Å². The molecule has 0 radical (unpaired) electrons. The Labute approximate surface area is 179 Å². The molecule has 0 amide bonds. The van der Waals surface area contributed by atoms with Crippen LogP contribution >= 0.6 is 24.0 Å². The Morgan fingerprint density at radius 3 is 2.52 bits per heavy atom. The number of likely N-dealkylation sites (N-methyl/N-ethyl adjacent to an activating group) is 1. The van der Waals surface area contributed by atoms with Gasteiger partial charge in [-0.2, -0.15) is 5.10 Å². The van der Waals surface area contributed by atoms with E-state index in [1.165, 1.54) is 11.1 Å². The van der Waals surface area contributed by atoms with Gasteiger partial charge in [0.05, 0.1) is 18.8 Å². The van der Waals surface area contributed by atoms with Crippen molar-refractivity contribution in [1.82, 2.24) is 25.3 Å². The molecule has 0 spiro atoms. The number of nitrogens with zero attached hydrogens (tertiary/aromatic N) is 4. The second-order valence-corrected chi connectivity index (χ2v) is 6.47. The molecular weight excluding hydrogens is 455 g/mol. The zero-order chi connectivity index (χ0) is 18.9. The molecule has 1 aromatic heterocycles. The third kappa shape index (κ3) is 7.76. The number of hydrogen-bond acceptors (Lipinski definition) is 4. The van der Waals surface area contributed by atoms with Gasteiger partial charge in [0.1, 0.15) is 12.4 Å². The van der Waals surface area contributed by atoms with Gasteiger partial charge in [-0.3, -0.25) is 9.67 Å². The van der Waals surface area contributed by atoms with Crippen LogP contribution in [0.2, 0.25) is 0 Å². The highest BCUT2D eigenvalue weighted by molar-refractivity contribution is 14.0. The molecule has 1 unspecified atom stereocenters. The summed E-state index contributed by atoms with van der Waals surface area (Å²) in [7, 11) is 7.82. The van der Waals surface area contributed by atoms with Crippen molar-refractivity contribution in [1.29, 1.82) is 0 Å². The van der Waals surface area contributed by atoms with E-state index in [1.807, 2.05) is 48.4 Å². The first-order valence-electron chi connectivity index (χ1n) is 8.78. The van der Waals surface area contributed by atoms with Gasteiger partial charge >= 0.3 is 0 Å². The average molecular weight is 486 g/mol. The first-order chi connectivity index (χ1) is 12.5. The summed E-state index contributed by atoms with van der Waals surface area (Å²) >= 11 is 0. The van der Waals surface area contributed by atoms with Crippen LogP contribution in [-0.4, -0.2) is 61.5 Å². The lowest BCUT2D eigenvalue weighted by Gasteiger charge is -2.24. The zero-order valence-corrected chi connectivity index (χ0v) is 19.1. The van der Waals surface area contributed by atoms with Crippen molar-refractivity contribution in [3.63, 3.8) is 0 Å². The Bertz CT molecular complexity index is 698. The fourth-order valence-electron chi connectivity index (χ4n) is 2.60. The molecule has 27 heavy (non-hydrogen) atoms. The topological polar surface area (TPSA) is 66.7 Å². The monoisotopic (exact) mass is 486 g/mol. The van der Waals surface area contributed by atoms with E-state index in [1.54, 1.807) is 7.05 Å². The summed E-state index contributed by atoms with van der Waals surface area (Å²) in [5, 5.41) is 10.9. The maximum atomic E-state index is 5.73. The molecule has 0 aliphatic rings. The average Bonchev–Trinajstić information content (AvgIpc) is 3.04. The minimum Gasteiger partial charge on any atom is -0.492 e. The van der Waals surface area contributed by atoms with Crippen molar-refractivity contribution in [2.24, 2.45) is 12.0 Å². The van der Waals surface area contributed by atoms with Gasteiger partial charge in [-0.15, -0.1) is 24.0 Å². The van der Waals surface area contributed by atoms with Crippen molar-refractivity contribution in [2.75, 3.05) is 40.8 Å². The molecule has 2 rings (SSSR count). The third-order valence-corrected chi connectivity index (χ3v) is 4.10. The quantitative estimate of drug-likeness (QED) is 0.259. The van der Waals surface area contributed by atoms with Gasteiger partial charge in [0.25, 0.3) is 0 Å². The van der Waals surface area contributed by atoms with Crippen LogP contribution in [0.15, 0.2) is 41.7 Å². The van der Waals surface area contributed by atoms with Gasteiger partial charge in [-0.1, -0.05) is 17.7 Å². The Morgan fingerprint density at radius 2 is 1.96 bits per heavy atom. The zero-order valence-electron chi connectivity index (χ0n) is 16.8. The molecule has 2 N–H and O–H groups in total. The SMILES string of the molecule is CN=C(NCCOc1ccc(C)cc1)NCC(c1cnn(C)c1)N(C)C.I. The van der Waals surface area contributed by atoms with Gasteiger partial charge in [0.2, 0.25) is 0 Å². The van der Waals surface area contributed by atoms with Gasteiger partial charge in [0, 0.05) is 32.4 Å². The number of halogens is 1. The standard InChI is InChI=1S/C19H30N6O.HI/c1-15-6-8-17(9-7-15)26-11-10-21-19(20-2)22-13-18(24(3)4)16-12-23-25(5)14-16;/h6-9,12,14,18H,10-11,13H2,1-5H3,(H2,20,21,22);1H. The first kappa shape index (κ1) is 23.2. The Morgan fingerprint density at radius 1 is 1.26 bits per heavy atom. The molecule has 2 aromatic rings. The largest absolute Gasteiger partial charge is 0.492 e. The number of guanidine groups is 1. The third-order valence-electron chi connectivity index (χ3n) is 4.10. The van der Waals surface area contributed by atoms with E-state index < -0.39 is 0 Å². The van der Waals surface area contributed by atoms with Crippen LogP contribution in [0.4, 0.5) is 0 Å². The summed E-state index contributed by atoms with van der Waals surface area (Å²) in [5.41, 5.74) is 2.40. The van der Waals surface area contributed by atoms with Crippen molar-refractivity contribution < 1.29 is 4.74 Å². The molecule has 1 atom stereocenters. The number of nitrogens with one attached hydrogen (secondary N) is 2. The number of rotatable bonds is 8. The molecule has 0 bridgehead atoms. The molecule has 0 aliphatic heterocycles. The summed E-state index contributed by atoms with van der Waals surface area (Å²) in [5.74, 6) is 1.64. The highest BCUT2D eigenvalue weighted by Gasteiger charge is 2.16. The molecule has 0 aliphatic carbocycles. The lowest BCUT2D eigenvalue weighted by atomic mass is 10.1. The predicted octanol–water partition coefficient (Wildman–Crippen LogP) is 2.19. The van der Waals surface area contributed by atoms with E-state index in [0.29, 0.717) is 13.2 Å². The van der Waals surface area contributed by atoms with E-state index in [4.69, 9.17) is 4.74 Å². The summed E-state index contributed by atoms with van der Waals surface area (Å²) in [6, 6.07) is 8.27. The van der Waals surface area contributed by atoms with Crippen molar-refractivity contribution in [3.05, 3.63) is 47.8 Å². The molecule has 150 valence electrons. The first-order valence-corrected chi connectivity index (χ1v) is 8.78. The van der Waals surface area contributed by atoms with E-state index in [0.717, 1.165) is 18.3 Å². The molecule has 0 saturated heterocycles. The number of hydrogen-bond donors (Lipinski definition) is 2. The van der Waals surface area contributed by atoms with Crippen LogP contribution in [0.1, 0.15) is 17.2 Å². The fraction of sp³-hybridized carbons (Fsp3) is 0.474. The second kappa shape index (κ2) is 11.8. The van der Waals surface area contributed by atoms with Crippen LogP contribution < -0.4 is 15.4 Å². The molecule has 8 heteroatoms. The minimum absolute atomic E-state index is 0. The van der Waals surface area contributed by atoms with Gasteiger partial charge in [-0.05, 0) is 33.2 Å². The Balaban J connectivity index is 0.00000364. The normalized spacial score (nSPS) is 12.4. The highest BCUT2D eigenvalue weighted by atomic mass is 127. The number of ether oxygens (including phenoxy) is 1. The smallest absolute Gasteiger partial charge is 0.191 e. The van der Waals surface area contributed by atoms with Crippen LogP contribution in [0.25, 0.3) is 0 Å². The Hall–Kier alpha value is -1.81. The minimum atomic E-state index is 0. The maximum absolute atomic E-state index is 5.73. The van der Waals surface area contributed by atoms with Crippen LogP contribution in [0, 0.1) is 6.92 Å². The van der Waals surface area contributed by atoms with Gasteiger partial charge in [-0.25, -0.2) is 0 Å². The molecule has 0 fully saturated rings. The predicted molar refractivity (Wildman–Crippen MR) is 121 cm³/mol. The number of aryl methyl sites for hydroxylation is 2. The lowest BCUT2D eigenvalue weighted by molar-refractivity contribution is 0.297. The number of aliphatic imine (C=N–C) groups is 1. The van der Waals surface area contributed by atoms with E-state index in [2.05, 4.69) is 46.6 Å². The van der Waals surface area contributed by atoms with E-state index in [-0.39, 0.29) is 30.0 Å². The van der Waals surface area contributed by atoms with Crippen LogP contribution in [0.3, 0.4) is 0 Å². The van der Waals surface area contributed by atoms with Gasteiger partial charge < -0.3 is 20.3 Å². The summed E-state index contributed by atoms with van der Waals surface area (Å²) in [6.45, 7) is 4.04. The van der Waals surface area contributed by atoms with Crippen LogP contribution in [-0.2, 0) is 7.05 Å². The number of benzene rings is 1. The second-order valence-electron chi connectivity index (χ2n) is 6.47. The summed E-state index contributed by atoms with van der Waals surface area (Å²) in [4.78, 5) is 6.44. The molecule has 0 saturated carbocycles. The fourth-order valence-corrected chi connectivity index (χ4v) is 2.60. The molecule has 1 aromatic carbocycles. The maximum Gasteiger partial charge on any atom is 0.191 e. The lowest BCUT2D eigenvalue weighted by Crippen LogP contribution is -2.42. The summed E-state index contributed by atoms with van der Waals surface area (Å²) in [6.07, 6.45) is 3.94. The van der Waals surface area contributed by atoms with Crippen molar-refractivity contribution in [2.45, 2.75) is 13.0 Å². The molecule has 1 heterocycles. The van der Waals surface area contributed by atoms with Crippen molar-refractivity contribution in [3.8, 4) is 5.75 Å². The number of aromatic nitrogens is 2. The van der Waals surface area contributed by atoms with Gasteiger partial charge in [0.15, 0.2) is 5.96 Å². The van der Waals surface area contributed by atoms with E-state index in [9.17, 15) is 0 Å². The molecule has 7 nitrogen and oxygen atoms in total.